The molecule has 0 aliphatic carbocycles. The zero-order chi connectivity index (χ0) is 21.3. The van der Waals surface area contributed by atoms with Gasteiger partial charge in [-0.25, -0.2) is 9.78 Å². The van der Waals surface area contributed by atoms with Crippen LogP contribution >= 0.6 is 46.1 Å². The summed E-state index contributed by atoms with van der Waals surface area (Å²) in [5.74, 6) is 2.98. The molecule has 150 valence electrons. The highest BCUT2D eigenvalue weighted by Crippen LogP contribution is 2.22. The number of hydrogen-bond acceptors (Lipinski definition) is 6. The summed E-state index contributed by atoms with van der Waals surface area (Å²) < 4.78 is 10.8. The molecular weight excluding hydrogens is 547 g/mol. The lowest BCUT2D eigenvalue weighted by Gasteiger charge is -2.23. The molecular formula is C18H24BrIN2O4S. The standard InChI is InChI=1S/C13H12BrIN2O3S.C5H12O/c1-13(2,3)20-12(19)17(8-18)11-9(4-5-21-15)6-10(14)7-16-11;1-5(2,3)6-4/h6-8H,1-3H3;1-4H3. The van der Waals surface area contributed by atoms with Crippen LogP contribution in [0.25, 0.3) is 0 Å². The van der Waals surface area contributed by atoms with Crippen molar-refractivity contribution in [2.75, 3.05) is 12.0 Å². The summed E-state index contributed by atoms with van der Waals surface area (Å²) in [6, 6.07) is 1.68. The van der Waals surface area contributed by atoms with Crippen LogP contribution in [0, 0.1) is 11.2 Å². The van der Waals surface area contributed by atoms with Crippen molar-refractivity contribution in [2.24, 2.45) is 0 Å². The van der Waals surface area contributed by atoms with E-state index < -0.39 is 11.7 Å². The number of imide groups is 1. The van der Waals surface area contributed by atoms with Gasteiger partial charge in [0, 0.05) is 39.0 Å². The first kappa shape index (κ1) is 26.2. The Morgan fingerprint density at radius 3 is 2.26 bits per heavy atom. The van der Waals surface area contributed by atoms with Crippen molar-refractivity contribution in [3.63, 3.8) is 0 Å². The van der Waals surface area contributed by atoms with Gasteiger partial charge in [-0.2, -0.15) is 4.90 Å². The molecule has 9 heteroatoms. The Morgan fingerprint density at radius 1 is 1.30 bits per heavy atom. The number of carbonyl (C=O) groups excluding carboxylic acids is 2. The molecule has 0 saturated carbocycles. The van der Waals surface area contributed by atoms with Crippen LogP contribution in [0.1, 0.15) is 47.1 Å². The minimum atomic E-state index is -0.794. The number of methoxy groups -OCH3 is 1. The van der Waals surface area contributed by atoms with Crippen molar-refractivity contribution >= 4 is 64.4 Å². The van der Waals surface area contributed by atoms with Gasteiger partial charge in [-0.1, -0.05) is 5.92 Å². The van der Waals surface area contributed by atoms with E-state index in [1.54, 1.807) is 33.9 Å². The van der Waals surface area contributed by atoms with Gasteiger partial charge in [0.15, 0.2) is 5.82 Å². The average Bonchev–Trinajstić information content (AvgIpc) is 2.53. The first-order chi connectivity index (χ1) is 12.3. The lowest BCUT2D eigenvalue weighted by molar-refractivity contribution is -0.107. The largest absolute Gasteiger partial charge is 0.443 e. The lowest BCUT2D eigenvalue weighted by atomic mass is 10.2. The molecule has 0 N–H and O–H groups in total. The molecule has 2 amide bonds. The zero-order valence-electron chi connectivity index (χ0n) is 16.4. The Morgan fingerprint density at radius 2 is 1.85 bits per heavy atom. The van der Waals surface area contributed by atoms with Gasteiger partial charge in [0.2, 0.25) is 6.41 Å². The van der Waals surface area contributed by atoms with Crippen molar-refractivity contribution in [1.29, 1.82) is 0 Å². The van der Waals surface area contributed by atoms with Crippen LogP contribution in [0.4, 0.5) is 10.6 Å². The fourth-order valence-electron chi connectivity index (χ4n) is 1.28. The highest BCUT2D eigenvalue weighted by molar-refractivity contribution is 14.2. The van der Waals surface area contributed by atoms with Crippen molar-refractivity contribution in [1.82, 2.24) is 4.98 Å². The quantitative estimate of drug-likeness (QED) is 0.263. The fourth-order valence-corrected chi connectivity index (χ4v) is 2.09. The van der Waals surface area contributed by atoms with Gasteiger partial charge < -0.3 is 9.47 Å². The second-order valence-corrected chi connectivity index (χ2v) is 9.70. The summed E-state index contributed by atoms with van der Waals surface area (Å²) in [6.07, 6.45) is 1.06. The molecule has 1 aromatic rings. The molecule has 0 saturated heterocycles. The Labute approximate surface area is 185 Å². The maximum Gasteiger partial charge on any atom is 0.422 e. The summed E-state index contributed by atoms with van der Waals surface area (Å²) in [7, 11) is 3.00. The molecule has 0 atom stereocenters. The number of amides is 2. The van der Waals surface area contributed by atoms with E-state index in [2.05, 4.69) is 32.1 Å². The average molecular weight is 571 g/mol. The normalized spacial score (nSPS) is 10.7. The van der Waals surface area contributed by atoms with Crippen molar-refractivity contribution in [3.8, 4) is 11.2 Å². The second-order valence-electron chi connectivity index (χ2n) is 7.10. The van der Waals surface area contributed by atoms with Crippen molar-refractivity contribution in [3.05, 3.63) is 22.3 Å². The summed E-state index contributed by atoms with van der Waals surface area (Å²) in [6.45, 7) is 11.2. The van der Waals surface area contributed by atoms with Gasteiger partial charge in [-0.05, 0) is 77.7 Å². The lowest BCUT2D eigenvalue weighted by Crippen LogP contribution is -2.36. The molecule has 0 aliphatic rings. The highest BCUT2D eigenvalue weighted by Gasteiger charge is 2.25. The molecule has 0 aromatic carbocycles. The van der Waals surface area contributed by atoms with E-state index in [9.17, 15) is 9.59 Å². The number of pyridine rings is 1. The third-order valence-corrected chi connectivity index (χ3v) is 3.87. The Kier molecular flexibility index (Phi) is 11.5. The number of anilines is 1. The first-order valence-corrected chi connectivity index (χ1v) is 12.0. The maximum atomic E-state index is 12.1. The van der Waals surface area contributed by atoms with Crippen LogP contribution in [0.5, 0.6) is 0 Å². The molecule has 27 heavy (non-hydrogen) atoms. The summed E-state index contributed by atoms with van der Waals surface area (Å²) in [5.41, 5.74) is -0.219. The highest BCUT2D eigenvalue weighted by atomic mass is 127. The Hall–Kier alpha value is -0.830. The summed E-state index contributed by atoms with van der Waals surface area (Å²) in [5, 5.41) is 2.80. The maximum absolute atomic E-state index is 12.1. The van der Waals surface area contributed by atoms with Crippen LogP contribution in [-0.4, -0.2) is 35.8 Å². The first-order valence-electron chi connectivity index (χ1n) is 7.81. The third-order valence-electron chi connectivity index (χ3n) is 2.59. The zero-order valence-corrected chi connectivity index (χ0v) is 21.0. The number of ether oxygens (including phenoxy) is 2. The number of carbonyl (C=O) groups is 2. The predicted octanol–water partition coefficient (Wildman–Crippen LogP) is 5.57. The van der Waals surface area contributed by atoms with Gasteiger partial charge in [0.1, 0.15) is 5.60 Å². The molecule has 1 rings (SSSR count). The molecule has 0 aliphatic heterocycles. The molecule has 0 unspecified atom stereocenters. The monoisotopic (exact) mass is 570 g/mol. The minimum Gasteiger partial charge on any atom is -0.443 e. The fraction of sp³-hybridized carbons (Fsp3) is 0.500. The predicted molar refractivity (Wildman–Crippen MR) is 122 cm³/mol. The summed E-state index contributed by atoms with van der Waals surface area (Å²) >= 11 is 5.31. The SMILES string of the molecule is CC(C)(C)OC(=O)N(C=O)c1ncc(Br)cc1C#CSI.COC(C)(C)C. The van der Waals surface area contributed by atoms with Gasteiger partial charge in [-0.3, -0.25) is 4.79 Å². The van der Waals surface area contributed by atoms with Crippen molar-refractivity contribution in [2.45, 2.75) is 52.7 Å². The molecule has 0 bridgehead atoms. The van der Waals surface area contributed by atoms with E-state index in [1.807, 2.05) is 42.0 Å². The topological polar surface area (TPSA) is 68.7 Å². The molecule has 1 heterocycles. The van der Waals surface area contributed by atoms with Gasteiger partial charge >= 0.3 is 6.09 Å². The van der Waals surface area contributed by atoms with Gasteiger partial charge in [-0.15, -0.1) is 0 Å². The molecule has 0 fully saturated rings. The number of rotatable bonds is 2. The van der Waals surface area contributed by atoms with E-state index in [-0.39, 0.29) is 11.4 Å². The van der Waals surface area contributed by atoms with E-state index >= 15 is 0 Å². The van der Waals surface area contributed by atoms with Crippen LogP contribution in [0.15, 0.2) is 16.7 Å². The number of aromatic nitrogens is 1. The Balaban J connectivity index is 0.000000972. The third kappa shape index (κ3) is 11.6. The number of halogens is 2. The number of nitrogens with zero attached hydrogens (tertiary/aromatic N) is 2. The Bertz CT molecular complexity index is 706. The van der Waals surface area contributed by atoms with E-state index in [4.69, 9.17) is 9.47 Å². The second kappa shape index (κ2) is 11.9. The molecule has 6 nitrogen and oxygen atoms in total. The van der Waals surface area contributed by atoms with Crippen molar-refractivity contribution < 1.29 is 19.1 Å². The van der Waals surface area contributed by atoms with Crippen LogP contribution in [0.3, 0.4) is 0 Å². The van der Waals surface area contributed by atoms with Gasteiger partial charge in [0.25, 0.3) is 0 Å². The van der Waals surface area contributed by atoms with Crippen LogP contribution in [0.2, 0.25) is 0 Å². The number of hydrogen-bond donors (Lipinski definition) is 0. The van der Waals surface area contributed by atoms with Crippen LogP contribution < -0.4 is 4.90 Å². The summed E-state index contributed by atoms with van der Waals surface area (Å²) in [4.78, 5) is 28.2. The molecule has 1 aromatic heterocycles. The van der Waals surface area contributed by atoms with E-state index in [0.29, 0.717) is 16.4 Å². The van der Waals surface area contributed by atoms with Crippen LogP contribution in [-0.2, 0) is 14.3 Å². The van der Waals surface area contributed by atoms with E-state index in [1.165, 1.54) is 15.1 Å². The minimum absolute atomic E-state index is 0.0417. The van der Waals surface area contributed by atoms with Gasteiger partial charge in [0.05, 0.1) is 11.2 Å². The molecule has 0 spiro atoms. The smallest absolute Gasteiger partial charge is 0.422 e. The molecule has 0 radical (unpaired) electrons. The van der Waals surface area contributed by atoms with E-state index in [0.717, 1.165) is 4.90 Å².